The number of nitriles is 1. The molecule has 0 heterocycles. The van der Waals surface area contributed by atoms with Crippen molar-refractivity contribution in [3.63, 3.8) is 0 Å². The zero-order valence-corrected chi connectivity index (χ0v) is 12.3. The van der Waals surface area contributed by atoms with Gasteiger partial charge in [0, 0.05) is 0 Å². The van der Waals surface area contributed by atoms with Gasteiger partial charge >= 0.3 is 99.8 Å². The summed E-state index contributed by atoms with van der Waals surface area (Å²) >= 11 is -1.86. The van der Waals surface area contributed by atoms with Crippen LogP contribution in [0.3, 0.4) is 0 Å². The van der Waals surface area contributed by atoms with Crippen molar-refractivity contribution in [2.75, 3.05) is 7.11 Å². The third-order valence-corrected chi connectivity index (χ3v) is 4.50. The normalized spacial score (nSPS) is 12.1. The summed E-state index contributed by atoms with van der Waals surface area (Å²) in [6.07, 6.45) is 0. The molecule has 1 aromatic rings. The van der Waals surface area contributed by atoms with Crippen LogP contribution in [-0.4, -0.2) is 20.4 Å². The molecule has 0 fully saturated rings. The van der Waals surface area contributed by atoms with Crippen molar-refractivity contribution in [3.05, 3.63) is 34.7 Å². The molecule has 0 atom stereocenters. The first kappa shape index (κ1) is 12.9. The Morgan fingerprint density at radius 1 is 1.38 bits per heavy atom. The minimum absolute atomic E-state index is 0.770. The second kappa shape index (κ2) is 5.22. The number of methoxy groups -OCH3 is 1. The Hall–Kier alpha value is -1.21. The first-order valence-corrected chi connectivity index (χ1v) is 12.7. The molecule has 0 aromatic heterocycles. The van der Waals surface area contributed by atoms with Crippen LogP contribution in [0, 0.1) is 11.3 Å². The van der Waals surface area contributed by atoms with E-state index in [2.05, 4.69) is 28.2 Å². The summed E-state index contributed by atoms with van der Waals surface area (Å²) in [4.78, 5) is 2.16. The van der Waals surface area contributed by atoms with E-state index in [1.807, 2.05) is 24.3 Å². The fourth-order valence-electron chi connectivity index (χ4n) is 1.40. The Bertz CT molecular complexity index is 438. The zero-order valence-electron chi connectivity index (χ0n) is 10.2. The molecule has 3 heteroatoms. The van der Waals surface area contributed by atoms with Gasteiger partial charge in [-0.2, -0.15) is 0 Å². The zero-order chi connectivity index (χ0) is 12.2. The van der Waals surface area contributed by atoms with Gasteiger partial charge in [-0.3, -0.25) is 0 Å². The number of hydrogen-bond acceptors (Lipinski definition) is 2. The second-order valence-electron chi connectivity index (χ2n) is 4.77. The summed E-state index contributed by atoms with van der Waals surface area (Å²) < 4.78 is 5.16. The fraction of sp³-hybridized carbons (Fsp3) is 0.308. The molecule has 0 saturated heterocycles. The standard InChI is InChI=1S/C13H17GeNO/c1-14(2,3)9-12(10-15)11-6-5-7-13(8-11)16-4/h5-9H,1-4H3/b12-9+. The topological polar surface area (TPSA) is 33.0 Å². The van der Waals surface area contributed by atoms with Gasteiger partial charge < -0.3 is 0 Å². The van der Waals surface area contributed by atoms with Crippen molar-refractivity contribution < 1.29 is 4.74 Å². The molecule has 0 unspecified atom stereocenters. The molecule has 1 rings (SSSR count). The molecule has 0 N–H and O–H groups in total. The molecule has 2 nitrogen and oxygen atoms in total. The number of benzene rings is 1. The van der Waals surface area contributed by atoms with E-state index < -0.39 is 13.3 Å². The molecule has 84 valence electrons. The van der Waals surface area contributed by atoms with Crippen LogP contribution in [0.2, 0.25) is 17.3 Å². The van der Waals surface area contributed by atoms with E-state index in [0.717, 1.165) is 16.9 Å². The van der Waals surface area contributed by atoms with Gasteiger partial charge in [0.2, 0.25) is 0 Å². The predicted molar refractivity (Wildman–Crippen MR) is 69.9 cm³/mol. The van der Waals surface area contributed by atoms with Crippen molar-refractivity contribution in [1.82, 2.24) is 0 Å². The number of hydrogen-bond donors (Lipinski definition) is 0. The summed E-state index contributed by atoms with van der Waals surface area (Å²) in [5, 5.41) is 9.18. The molecule has 0 aliphatic rings. The minimum atomic E-state index is -1.86. The van der Waals surface area contributed by atoms with Gasteiger partial charge in [-0.1, -0.05) is 0 Å². The van der Waals surface area contributed by atoms with Crippen molar-refractivity contribution in [2.24, 2.45) is 0 Å². The predicted octanol–water partition coefficient (Wildman–Crippen LogP) is 3.48. The first-order valence-electron chi connectivity index (χ1n) is 5.23. The average Bonchev–Trinajstić information content (AvgIpc) is 2.25. The Morgan fingerprint density at radius 2 is 2.06 bits per heavy atom. The van der Waals surface area contributed by atoms with Gasteiger partial charge in [-0.15, -0.1) is 0 Å². The number of nitrogens with zero attached hydrogens (tertiary/aromatic N) is 1. The second-order valence-corrected chi connectivity index (χ2v) is 15.3. The van der Waals surface area contributed by atoms with Crippen molar-refractivity contribution in [3.8, 4) is 11.8 Å². The monoisotopic (exact) mass is 277 g/mol. The van der Waals surface area contributed by atoms with Crippen molar-refractivity contribution in [2.45, 2.75) is 17.3 Å². The summed E-state index contributed by atoms with van der Waals surface area (Å²) in [5.41, 5.74) is 1.72. The molecule has 0 amide bonds. The van der Waals surface area contributed by atoms with Gasteiger partial charge in [0.25, 0.3) is 0 Å². The van der Waals surface area contributed by atoms with Crippen LogP contribution >= 0.6 is 0 Å². The Kier molecular flexibility index (Phi) is 4.20. The Balaban J connectivity index is 3.15. The van der Waals surface area contributed by atoms with Crippen LogP contribution < -0.4 is 4.74 Å². The third-order valence-electron chi connectivity index (χ3n) is 2.08. The van der Waals surface area contributed by atoms with E-state index in [4.69, 9.17) is 4.74 Å². The van der Waals surface area contributed by atoms with Crippen LogP contribution in [0.5, 0.6) is 5.75 Å². The SMILES string of the molecule is COc1cccc(/C(C#N)=[CH]/[Ge]([CH3])([CH3])[CH3])c1. The Labute approximate surface area is 99.9 Å². The molecule has 0 spiro atoms. The quantitative estimate of drug-likeness (QED) is 0.625. The molecule has 1 aromatic carbocycles. The molecule has 16 heavy (non-hydrogen) atoms. The number of allylic oxidation sites excluding steroid dienone is 1. The molecule has 0 radical (unpaired) electrons. The average molecular weight is 276 g/mol. The van der Waals surface area contributed by atoms with E-state index in [0.29, 0.717) is 0 Å². The molecule has 0 aliphatic carbocycles. The summed E-state index contributed by atoms with van der Waals surface area (Å²) in [7, 11) is 1.64. The van der Waals surface area contributed by atoms with Crippen LogP contribution in [-0.2, 0) is 0 Å². The number of rotatable bonds is 3. The van der Waals surface area contributed by atoms with E-state index in [1.165, 1.54) is 0 Å². The maximum absolute atomic E-state index is 9.18. The molecule has 0 aliphatic heterocycles. The van der Waals surface area contributed by atoms with Gasteiger partial charge in [0.1, 0.15) is 0 Å². The van der Waals surface area contributed by atoms with Gasteiger partial charge in [-0.05, 0) is 0 Å². The fourth-order valence-corrected chi connectivity index (χ4v) is 3.71. The Morgan fingerprint density at radius 3 is 2.56 bits per heavy atom. The van der Waals surface area contributed by atoms with Gasteiger partial charge in [0.15, 0.2) is 0 Å². The molecular formula is C13H17GeNO. The van der Waals surface area contributed by atoms with Gasteiger partial charge in [-0.25, -0.2) is 0 Å². The van der Waals surface area contributed by atoms with Crippen LogP contribution in [0.4, 0.5) is 0 Å². The van der Waals surface area contributed by atoms with E-state index in [1.54, 1.807) is 7.11 Å². The molecule has 0 saturated carbocycles. The van der Waals surface area contributed by atoms with E-state index in [9.17, 15) is 5.26 Å². The maximum atomic E-state index is 9.18. The van der Waals surface area contributed by atoms with Crippen LogP contribution in [0.15, 0.2) is 29.2 Å². The van der Waals surface area contributed by atoms with Crippen LogP contribution in [0.25, 0.3) is 5.57 Å². The summed E-state index contributed by atoms with van der Waals surface area (Å²) in [5.74, 6) is 7.58. The summed E-state index contributed by atoms with van der Waals surface area (Å²) in [6, 6.07) is 9.93. The molecular weight excluding hydrogens is 259 g/mol. The van der Waals surface area contributed by atoms with Gasteiger partial charge in [0.05, 0.1) is 0 Å². The van der Waals surface area contributed by atoms with Crippen molar-refractivity contribution in [1.29, 1.82) is 5.26 Å². The summed E-state index contributed by atoms with van der Waals surface area (Å²) in [6.45, 7) is 0. The number of ether oxygens (including phenoxy) is 1. The van der Waals surface area contributed by atoms with E-state index >= 15 is 0 Å². The first-order chi connectivity index (χ1) is 7.46. The van der Waals surface area contributed by atoms with E-state index in [-0.39, 0.29) is 0 Å². The van der Waals surface area contributed by atoms with Crippen LogP contribution in [0.1, 0.15) is 5.56 Å². The molecule has 0 bridgehead atoms. The van der Waals surface area contributed by atoms with Crippen molar-refractivity contribution >= 4 is 18.8 Å². The third kappa shape index (κ3) is 3.75.